The molecule has 1 heterocycles. The molecule has 1 N–H and O–H groups in total. The van der Waals surface area contributed by atoms with Gasteiger partial charge in [0.1, 0.15) is 11.6 Å². The zero-order chi connectivity index (χ0) is 19.6. The molecule has 142 valence electrons. The molecule has 27 heavy (non-hydrogen) atoms. The average molecular weight is 392 g/mol. The molecule has 0 radical (unpaired) electrons. The SMILES string of the molecule is COc1ccc(/C=N\OCC(=O)O[C@@H](C)C(=O)Nc2ccc(Cl)cn2)cc1. The first-order valence-corrected chi connectivity index (χ1v) is 8.27. The van der Waals surface area contributed by atoms with E-state index in [1.165, 1.54) is 25.4 Å². The van der Waals surface area contributed by atoms with Crippen molar-refractivity contribution in [3.8, 4) is 5.75 Å². The number of nitrogens with one attached hydrogen (secondary N) is 1. The van der Waals surface area contributed by atoms with Gasteiger partial charge in [-0.15, -0.1) is 0 Å². The summed E-state index contributed by atoms with van der Waals surface area (Å²) in [6.45, 7) is 1.01. The molecule has 2 rings (SSSR count). The fourth-order valence-corrected chi connectivity index (χ4v) is 1.95. The van der Waals surface area contributed by atoms with Gasteiger partial charge >= 0.3 is 5.97 Å². The van der Waals surface area contributed by atoms with Gasteiger partial charge in [-0.25, -0.2) is 9.78 Å². The average Bonchev–Trinajstić information content (AvgIpc) is 2.67. The van der Waals surface area contributed by atoms with Crippen molar-refractivity contribution in [1.29, 1.82) is 0 Å². The van der Waals surface area contributed by atoms with Gasteiger partial charge < -0.3 is 19.6 Å². The van der Waals surface area contributed by atoms with Gasteiger partial charge in [0.25, 0.3) is 5.91 Å². The number of rotatable bonds is 8. The van der Waals surface area contributed by atoms with Gasteiger partial charge in [0.05, 0.1) is 18.3 Å². The van der Waals surface area contributed by atoms with E-state index in [1.54, 1.807) is 37.4 Å². The maximum Gasteiger partial charge on any atom is 0.347 e. The van der Waals surface area contributed by atoms with Gasteiger partial charge in [-0.05, 0) is 48.9 Å². The summed E-state index contributed by atoms with van der Waals surface area (Å²) >= 11 is 5.72. The molecular formula is C18H18ClN3O5. The Hall–Kier alpha value is -3.13. The van der Waals surface area contributed by atoms with Crippen LogP contribution >= 0.6 is 11.6 Å². The molecule has 8 nitrogen and oxygen atoms in total. The third kappa shape index (κ3) is 6.95. The second kappa shape index (κ2) is 10.1. The molecule has 0 saturated carbocycles. The fourth-order valence-electron chi connectivity index (χ4n) is 1.84. The van der Waals surface area contributed by atoms with E-state index in [0.29, 0.717) is 10.8 Å². The largest absolute Gasteiger partial charge is 0.497 e. The van der Waals surface area contributed by atoms with Crippen molar-refractivity contribution < 1.29 is 23.9 Å². The van der Waals surface area contributed by atoms with E-state index < -0.39 is 24.6 Å². The number of nitrogens with zero attached hydrogens (tertiary/aromatic N) is 2. The maximum absolute atomic E-state index is 12.0. The number of amides is 1. The van der Waals surface area contributed by atoms with Crippen molar-refractivity contribution in [3.63, 3.8) is 0 Å². The number of halogens is 1. The van der Waals surface area contributed by atoms with Gasteiger partial charge in [-0.3, -0.25) is 4.79 Å². The van der Waals surface area contributed by atoms with Crippen molar-refractivity contribution in [3.05, 3.63) is 53.2 Å². The van der Waals surface area contributed by atoms with E-state index in [0.717, 1.165) is 11.3 Å². The lowest BCUT2D eigenvalue weighted by Gasteiger charge is -2.12. The molecule has 0 fully saturated rings. The van der Waals surface area contributed by atoms with Crippen LogP contribution in [0.4, 0.5) is 5.82 Å². The number of carbonyl (C=O) groups is 2. The summed E-state index contributed by atoms with van der Waals surface area (Å²) in [4.78, 5) is 32.5. The van der Waals surface area contributed by atoms with Crippen molar-refractivity contribution in [2.45, 2.75) is 13.0 Å². The molecule has 2 aromatic rings. The van der Waals surface area contributed by atoms with E-state index in [-0.39, 0.29) is 0 Å². The third-order valence-corrected chi connectivity index (χ3v) is 3.45. The number of benzene rings is 1. The Kier molecular flexibility index (Phi) is 7.57. The lowest BCUT2D eigenvalue weighted by Crippen LogP contribution is -2.31. The smallest absolute Gasteiger partial charge is 0.347 e. The lowest BCUT2D eigenvalue weighted by molar-refractivity contribution is -0.157. The number of hydrogen-bond acceptors (Lipinski definition) is 7. The quantitative estimate of drug-likeness (QED) is 0.422. The summed E-state index contributed by atoms with van der Waals surface area (Å²) in [5, 5.41) is 6.63. The molecule has 0 aliphatic rings. The standard InChI is InChI=1S/C18H18ClN3O5/c1-12(18(24)22-16-8-5-14(19)10-20-16)27-17(23)11-26-21-9-13-3-6-15(25-2)7-4-13/h3-10,12H,11H2,1-2H3,(H,20,22,24)/b21-9-/t12-/m0/s1. The highest BCUT2D eigenvalue weighted by Crippen LogP contribution is 2.11. The van der Waals surface area contributed by atoms with Crippen LogP contribution in [0.5, 0.6) is 5.75 Å². The predicted molar refractivity (Wildman–Crippen MR) is 100.0 cm³/mol. The first kappa shape index (κ1) is 20.2. The van der Waals surface area contributed by atoms with Crippen LogP contribution in [-0.2, 0) is 19.2 Å². The molecule has 0 saturated heterocycles. The van der Waals surface area contributed by atoms with E-state index in [4.69, 9.17) is 25.9 Å². The highest BCUT2D eigenvalue weighted by molar-refractivity contribution is 6.30. The first-order valence-electron chi connectivity index (χ1n) is 7.89. The molecule has 1 atom stereocenters. The van der Waals surface area contributed by atoms with Crippen molar-refractivity contribution in [2.24, 2.45) is 5.16 Å². The van der Waals surface area contributed by atoms with Crippen LogP contribution in [0.1, 0.15) is 12.5 Å². The Morgan fingerprint density at radius 3 is 2.63 bits per heavy atom. The van der Waals surface area contributed by atoms with Gasteiger partial charge in [0.2, 0.25) is 6.61 Å². The topological polar surface area (TPSA) is 99.1 Å². The lowest BCUT2D eigenvalue weighted by atomic mass is 10.2. The molecule has 0 aliphatic heterocycles. The Morgan fingerprint density at radius 2 is 2.00 bits per heavy atom. The molecule has 1 aromatic heterocycles. The van der Waals surface area contributed by atoms with Crippen LogP contribution in [0, 0.1) is 0 Å². The Morgan fingerprint density at radius 1 is 1.26 bits per heavy atom. The second-order valence-electron chi connectivity index (χ2n) is 5.26. The number of anilines is 1. The summed E-state index contributed by atoms with van der Waals surface area (Å²) in [5.41, 5.74) is 0.771. The molecule has 0 aliphatic carbocycles. The Balaban J connectivity index is 1.72. The van der Waals surface area contributed by atoms with E-state index in [9.17, 15) is 9.59 Å². The highest BCUT2D eigenvalue weighted by Gasteiger charge is 2.18. The number of pyridine rings is 1. The number of ether oxygens (including phenoxy) is 2. The van der Waals surface area contributed by atoms with E-state index in [1.807, 2.05) is 0 Å². The summed E-state index contributed by atoms with van der Waals surface area (Å²) in [5.74, 6) is -0.237. The minimum atomic E-state index is -1.02. The van der Waals surface area contributed by atoms with Crippen LogP contribution in [0.15, 0.2) is 47.8 Å². The first-order chi connectivity index (χ1) is 13.0. The van der Waals surface area contributed by atoms with Crippen molar-refractivity contribution >= 4 is 35.5 Å². The number of oxime groups is 1. The maximum atomic E-state index is 12.0. The third-order valence-electron chi connectivity index (χ3n) is 3.23. The van der Waals surface area contributed by atoms with Crippen LogP contribution < -0.4 is 10.1 Å². The highest BCUT2D eigenvalue weighted by atomic mass is 35.5. The monoisotopic (exact) mass is 391 g/mol. The van der Waals surface area contributed by atoms with Gasteiger partial charge in [-0.1, -0.05) is 16.8 Å². The molecule has 1 aromatic carbocycles. The number of hydrogen-bond donors (Lipinski definition) is 1. The Bertz CT molecular complexity index is 794. The number of methoxy groups -OCH3 is 1. The predicted octanol–water partition coefficient (Wildman–Crippen LogP) is 2.66. The summed E-state index contributed by atoms with van der Waals surface area (Å²) in [6.07, 6.45) is 1.81. The minimum Gasteiger partial charge on any atom is -0.497 e. The second-order valence-corrected chi connectivity index (χ2v) is 5.70. The molecule has 0 bridgehead atoms. The van der Waals surface area contributed by atoms with Crippen LogP contribution in [0.3, 0.4) is 0 Å². The molecule has 9 heteroatoms. The van der Waals surface area contributed by atoms with Crippen LogP contribution in [0.25, 0.3) is 0 Å². The van der Waals surface area contributed by atoms with Gasteiger partial charge in [-0.2, -0.15) is 0 Å². The Labute approximate surface area is 161 Å². The number of carbonyl (C=O) groups excluding carboxylic acids is 2. The summed E-state index contributed by atoms with van der Waals surface area (Å²) < 4.78 is 10.0. The minimum absolute atomic E-state index is 0.299. The van der Waals surface area contributed by atoms with Crippen LogP contribution in [0.2, 0.25) is 5.02 Å². The van der Waals surface area contributed by atoms with E-state index >= 15 is 0 Å². The summed E-state index contributed by atoms with van der Waals surface area (Å²) in [6, 6.07) is 10.2. The molecule has 1 amide bonds. The molecular weight excluding hydrogens is 374 g/mol. The normalized spacial score (nSPS) is 11.7. The molecule has 0 unspecified atom stereocenters. The van der Waals surface area contributed by atoms with Gasteiger partial charge in [0, 0.05) is 6.20 Å². The van der Waals surface area contributed by atoms with Crippen molar-refractivity contribution in [2.75, 3.05) is 19.0 Å². The van der Waals surface area contributed by atoms with E-state index in [2.05, 4.69) is 15.5 Å². The van der Waals surface area contributed by atoms with Crippen LogP contribution in [-0.4, -0.2) is 42.9 Å². The van der Waals surface area contributed by atoms with Gasteiger partial charge in [0.15, 0.2) is 6.10 Å². The van der Waals surface area contributed by atoms with Crippen molar-refractivity contribution in [1.82, 2.24) is 4.98 Å². The number of esters is 1. The zero-order valence-corrected chi connectivity index (χ0v) is 15.5. The summed E-state index contributed by atoms with van der Waals surface area (Å²) in [7, 11) is 1.57. The molecule has 0 spiro atoms. The fraction of sp³-hybridized carbons (Fsp3) is 0.222. The zero-order valence-electron chi connectivity index (χ0n) is 14.7. The number of aromatic nitrogens is 1.